The molecule has 1 aliphatic carbocycles. The van der Waals surface area contributed by atoms with Crippen LogP contribution in [0.1, 0.15) is 44.5 Å². The zero-order chi connectivity index (χ0) is 20.5. The molecule has 0 bridgehead atoms. The van der Waals surface area contributed by atoms with E-state index in [1.54, 1.807) is 11.3 Å². The molecule has 1 N–H and O–H groups in total. The molecule has 1 atom stereocenters. The fraction of sp³-hybridized carbons (Fsp3) is 0.208. The minimum Gasteiger partial charge on any atom is -0.301 e. The third kappa shape index (κ3) is 3.61. The van der Waals surface area contributed by atoms with Crippen LogP contribution in [0.3, 0.4) is 0 Å². The summed E-state index contributed by atoms with van der Waals surface area (Å²) in [5, 5.41) is 0.748. The topological polar surface area (TPSA) is 62.8 Å². The number of H-pyrrole nitrogens is 1. The van der Waals surface area contributed by atoms with Crippen molar-refractivity contribution in [1.29, 1.82) is 0 Å². The van der Waals surface area contributed by atoms with Gasteiger partial charge in [0.2, 0.25) is 0 Å². The van der Waals surface area contributed by atoms with E-state index in [4.69, 9.17) is 4.98 Å². The van der Waals surface area contributed by atoms with Gasteiger partial charge in [-0.25, -0.2) is 4.98 Å². The third-order valence-corrected chi connectivity index (χ3v) is 7.76. The number of benzene rings is 2. The van der Waals surface area contributed by atoms with Gasteiger partial charge in [0.15, 0.2) is 10.9 Å². The van der Waals surface area contributed by atoms with Crippen LogP contribution in [-0.4, -0.2) is 15.8 Å². The maximum atomic E-state index is 13.3. The summed E-state index contributed by atoms with van der Waals surface area (Å²) in [4.78, 5) is 36.0. The molecule has 6 heteroatoms. The first kappa shape index (κ1) is 19.3. The van der Waals surface area contributed by atoms with E-state index < -0.39 is 5.25 Å². The maximum absolute atomic E-state index is 13.3. The van der Waals surface area contributed by atoms with E-state index in [1.807, 2.05) is 60.7 Å². The van der Waals surface area contributed by atoms with E-state index in [-0.39, 0.29) is 11.3 Å². The molecular formula is C24H20N2O2S2. The number of aromatic nitrogens is 2. The van der Waals surface area contributed by atoms with Crippen LogP contribution in [0, 0.1) is 0 Å². The Morgan fingerprint density at radius 2 is 1.70 bits per heavy atom. The average Bonchev–Trinajstić information content (AvgIpc) is 3.17. The first-order chi connectivity index (χ1) is 14.7. The monoisotopic (exact) mass is 432 g/mol. The number of aromatic amines is 1. The van der Waals surface area contributed by atoms with Crippen molar-refractivity contribution >= 4 is 39.1 Å². The highest BCUT2D eigenvalue weighted by Crippen LogP contribution is 2.38. The highest BCUT2D eigenvalue weighted by atomic mass is 32.2. The Morgan fingerprint density at radius 1 is 1.00 bits per heavy atom. The number of hydrogen-bond acceptors (Lipinski definition) is 5. The van der Waals surface area contributed by atoms with Gasteiger partial charge in [0.1, 0.15) is 10.1 Å². The van der Waals surface area contributed by atoms with E-state index in [0.717, 1.165) is 35.0 Å². The number of carbonyl (C=O) groups is 1. The number of aryl methyl sites for hydroxylation is 2. The number of thioether (sulfide) groups is 1. The number of Topliss-reactive ketones (excluding diaryl/α,β-unsaturated/α-hetero) is 1. The summed E-state index contributed by atoms with van der Waals surface area (Å²) in [6, 6.07) is 18.9. The molecule has 150 valence electrons. The van der Waals surface area contributed by atoms with Crippen molar-refractivity contribution in [3.05, 3.63) is 92.6 Å². The smallest absolute Gasteiger partial charge is 0.260 e. The highest BCUT2D eigenvalue weighted by Gasteiger charge is 2.26. The molecule has 0 amide bonds. The summed E-state index contributed by atoms with van der Waals surface area (Å²) in [6.45, 7) is 0. The van der Waals surface area contributed by atoms with Crippen LogP contribution in [0.4, 0.5) is 0 Å². The van der Waals surface area contributed by atoms with Gasteiger partial charge < -0.3 is 4.98 Å². The number of nitrogens with zero attached hydrogens (tertiary/aromatic N) is 1. The molecule has 2 aromatic heterocycles. The predicted octanol–water partition coefficient (Wildman–Crippen LogP) is 5.58. The molecule has 4 aromatic rings. The summed E-state index contributed by atoms with van der Waals surface area (Å²) in [5.74, 6) is 0.0000185. The van der Waals surface area contributed by atoms with E-state index in [9.17, 15) is 9.59 Å². The predicted molar refractivity (Wildman–Crippen MR) is 123 cm³/mol. The lowest BCUT2D eigenvalue weighted by atomic mass is 9.97. The Labute approximate surface area is 182 Å². The number of thiophene rings is 1. The van der Waals surface area contributed by atoms with Crippen LogP contribution in [0.5, 0.6) is 0 Å². The molecule has 0 unspecified atom stereocenters. The summed E-state index contributed by atoms with van der Waals surface area (Å²) in [7, 11) is 0. The molecule has 0 saturated carbocycles. The summed E-state index contributed by atoms with van der Waals surface area (Å²) >= 11 is 2.94. The van der Waals surface area contributed by atoms with E-state index in [0.29, 0.717) is 10.7 Å². The third-order valence-electron chi connectivity index (χ3n) is 5.43. The first-order valence-corrected chi connectivity index (χ1v) is 11.8. The molecule has 0 aliphatic heterocycles. The quantitative estimate of drug-likeness (QED) is 0.254. The molecular weight excluding hydrogens is 412 g/mol. The van der Waals surface area contributed by atoms with Crippen molar-refractivity contribution in [2.45, 2.75) is 36.1 Å². The van der Waals surface area contributed by atoms with Crippen LogP contribution in [-0.2, 0) is 12.8 Å². The summed E-state index contributed by atoms with van der Waals surface area (Å²) < 4.78 is 0. The molecule has 5 rings (SSSR count). The van der Waals surface area contributed by atoms with Crippen LogP contribution in [0.2, 0.25) is 0 Å². The molecule has 30 heavy (non-hydrogen) atoms. The van der Waals surface area contributed by atoms with Gasteiger partial charge in [-0.1, -0.05) is 72.4 Å². The van der Waals surface area contributed by atoms with Gasteiger partial charge in [-0.3, -0.25) is 9.59 Å². The highest BCUT2D eigenvalue weighted by molar-refractivity contribution is 8.00. The van der Waals surface area contributed by atoms with Crippen LogP contribution < -0.4 is 5.56 Å². The van der Waals surface area contributed by atoms with Crippen molar-refractivity contribution in [3.8, 4) is 0 Å². The lowest BCUT2D eigenvalue weighted by molar-refractivity contribution is 0.0989. The lowest BCUT2D eigenvalue weighted by Crippen LogP contribution is -2.14. The van der Waals surface area contributed by atoms with Crippen LogP contribution >= 0.6 is 23.1 Å². The standard InChI is InChI=1S/C24H20N2O2S2/c27-20(15-9-3-1-4-10-15)21(16-11-5-2-6-12-16)30-24-25-22(28)19-17-13-7-8-14-18(17)29-23(19)26-24/h1-6,9-12,21H,7-8,13-14H2,(H,25,26,28)/t21-/m0/s1. The van der Waals surface area contributed by atoms with Gasteiger partial charge in [-0.15, -0.1) is 11.3 Å². The average molecular weight is 433 g/mol. The van der Waals surface area contributed by atoms with Gasteiger partial charge in [0, 0.05) is 10.4 Å². The van der Waals surface area contributed by atoms with Crippen molar-refractivity contribution in [1.82, 2.24) is 9.97 Å². The molecule has 2 aromatic carbocycles. The Bertz CT molecular complexity index is 1260. The second kappa shape index (κ2) is 8.20. The maximum Gasteiger partial charge on any atom is 0.260 e. The number of ketones is 1. The molecule has 2 heterocycles. The van der Waals surface area contributed by atoms with Gasteiger partial charge in [-0.05, 0) is 36.8 Å². The van der Waals surface area contributed by atoms with Gasteiger partial charge in [0.25, 0.3) is 5.56 Å². The normalized spacial score (nSPS) is 14.4. The largest absolute Gasteiger partial charge is 0.301 e. The fourth-order valence-electron chi connectivity index (χ4n) is 3.97. The van der Waals surface area contributed by atoms with Crippen molar-refractivity contribution in [2.75, 3.05) is 0 Å². The second-order valence-corrected chi connectivity index (χ2v) is 9.58. The second-order valence-electron chi connectivity index (χ2n) is 7.40. The number of fused-ring (bicyclic) bond motifs is 3. The van der Waals surface area contributed by atoms with Crippen molar-refractivity contribution in [3.63, 3.8) is 0 Å². The summed E-state index contributed by atoms with van der Waals surface area (Å²) in [6.07, 6.45) is 4.26. The van der Waals surface area contributed by atoms with E-state index in [2.05, 4.69) is 4.98 Å². The molecule has 0 saturated heterocycles. The van der Waals surface area contributed by atoms with Crippen LogP contribution in [0.15, 0.2) is 70.6 Å². The minimum atomic E-state index is -0.483. The van der Waals surface area contributed by atoms with Gasteiger partial charge in [-0.2, -0.15) is 0 Å². The minimum absolute atomic E-state index is 0.0000185. The first-order valence-electron chi connectivity index (χ1n) is 10.1. The fourth-order valence-corrected chi connectivity index (χ4v) is 6.34. The Kier molecular flexibility index (Phi) is 5.27. The zero-order valence-electron chi connectivity index (χ0n) is 16.3. The zero-order valence-corrected chi connectivity index (χ0v) is 17.9. The SMILES string of the molecule is O=C(c1ccccc1)[C@@H](Sc1nc2sc3c(c2c(=O)[nH]1)CCCC3)c1ccccc1. The van der Waals surface area contributed by atoms with Crippen molar-refractivity contribution < 1.29 is 4.79 Å². The number of hydrogen-bond donors (Lipinski definition) is 1. The van der Waals surface area contributed by atoms with Gasteiger partial charge in [0.05, 0.1) is 5.39 Å². The van der Waals surface area contributed by atoms with Crippen LogP contribution in [0.25, 0.3) is 10.2 Å². The molecule has 0 fully saturated rings. The molecule has 4 nitrogen and oxygen atoms in total. The Hall–Kier alpha value is -2.70. The number of carbonyl (C=O) groups excluding carboxylic acids is 1. The number of rotatable bonds is 5. The number of nitrogens with one attached hydrogen (secondary N) is 1. The van der Waals surface area contributed by atoms with E-state index in [1.165, 1.54) is 28.6 Å². The Balaban J connectivity index is 1.56. The molecule has 0 radical (unpaired) electrons. The van der Waals surface area contributed by atoms with E-state index >= 15 is 0 Å². The molecule has 1 aliphatic rings. The van der Waals surface area contributed by atoms with Crippen molar-refractivity contribution in [2.24, 2.45) is 0 Å². The lowest BCUT2D eigenvalue weighted by Gasteiger charge is -2.15. The molecule has 0 spiro atoms. The Morgan fingerprint density at radius 3 is 2.47 bits per heavy atom. The summed E-state index contributed by atoms with van der Waals surface area (Å²) in [5.41, 5.74) is 2.62. The van der Waals surface area contributed by atoms with Gasteiger partial charge >= 0.3 is 0 Å².